The van der Waals surface area contributed by atoms with Crippen molar-refractivity contribution in [2.24, 2.45) is 0 Å². The van der Waals surface area contributed by atoms with Gasteiger partial charge in [-0.05, 0) is 51.4 Å². The van der Waals surface area contributed by atoms with Gasteiger partial charge in [-0.1, -0.05) is 63.2 Å². The number of amides is 1. The molecule has 2 heterocycles. The van der Waals surface area contributed by atoms with Crippen LogP contribution in [0.3, 0.4) is 0 Å². The van der Waals surface area contributed by atoms with E-state index in [2.05, 4.69) is 79.5 Å². The lowest BCUT2D eigenvalue weighted by Crippen LogP contribution is -2.35. The Morgan fingerprint density at radius 3 is 2.34 bits per heavy atom. The SMILES string of the molecule is CC(C)(C)c1ccc(/C(=C/C(=O)Nc2ccc3c(c2)OCCO3)c2cccc(CN3CCOCC3)c2)cc1. The summed E-state index contributed by atoms with van der Waals surface area (Å²) in [6, 6.07) is 22.5. The molecule has 0 aliphatic carbocycles. The molecule has 1 N–H and O–H groups in total. The van der Waals surface area contributed by atoms with Crippen LogP contribution in [0.15, 0.2) is 72.8 Å². The van der Waals surface area contributed by atoms with Gasteiger partial charge >= 0.3 is 0 Å². The molecule has 0 radical (unpaired) electrons. The Labute approximate surface area is 225 Å². The monoisotopic (exact) mass is 512 g/mol. The van der Waals surface area contributed by atoms with Crippen molar-refractivity contribution in [1.82, 2.24) is 4.90 Å². The Hall–Kier alpha value is -3.61. The number of ether oxygens (including phenoxy) is 3. The normalized spacial score (nSPS) is 16.2. The van der Waals surface area contributed by atoms with Gasteiger partial charge in [0.1, 0.15) is 13.2 Å². The van der Waals surface area contributed by atoms with Gasteiger partial charge in [-0.3, -0.25) is 9.69 Å². The Kier molecular flexibility index (Phi) is 7.82. The zero-order valence-electron chi connectivity index (χ0n) is 22.5. The van der Waals surface area contributed by atoms with Crippen LogP contribution >= 0.6 is 0 Å². The average molecular weight is 513 g/mol. The molecule has 2 aliphatic rings. The van der Waals surface area contributed by atoms with Crippen molar-refractivity contribution in [3.63, 3.8) is 0 Å². The number of nitrogens with one attached hydrogen (secondary N) is 1. The standard InChI is InChI=1S/C32H36N2O4/c1-32(2,3)26-9-7-24(8-10-26)28(25-6-4-5-23(19-25)22-34-13-15-36-16-14-34)21-31(35)33-27-11-12-29-30(20-27)38-18-17-37-29/h4-12,19-21H,13-18,22H2,1-3H3,(H,33,35)/b28-21-. The minimum atomic E-state index is -0.199. The van der Waals surface area contributed by atoms with E-state index in [1.165, 1.54) is 11.1 Å². The lowest BCUT2D eigenvalue weighted by atomic mass is 9.85. The summed E-state index contributed by atoms with van der Waals surface area (Å²) in [5.74, 6) is 1.14. The van der Waals surface area contributed by atoms with E-state index in [-0.39, 0.29) is 11.3 Å². The maximum Gasteiger partial charge on any atom is 0.249 e. The predicted octanol–water partition coefficient (Wildman–Crippen LogP) is 5.66. The molecule has 0 saturated carbocycles. The molecule has 5 rings (SSSR count). The second kappa shape index (κ2) is 11.4. The van der Waals surface area contributed by atoms with E-state index in [1.807, 2.05) is 12.1 Å². The summed E-state index contributed by atoms with van der Waals surface area (Å²) in [4.78, 5) is 15.7. The molecule has 6 heteroatoms. The first-order valence-electron chi connectivity index (χ1n) is 13.3. The van der Waals surface area contributed by atoms with E-state index in [1.54, 1.807) is 12.1 Å². The third kappa shape index (κ3) is 6.44. The molecule has 3 aromatic carbocycles. The number of hydrogen-bond donors (Lipinski definition) is 1. The number of carbonyl (C=O) groups is 1. The topological polar surface area (TPSA) is 60.0 Å². The highest BCUT2D eigenvalue weighted by molar-refractivity contribution is 6.06. The summed E-state index contributed by atoms with van der Waals surface area (Å²) in [6.07, 6.45) is 1.69. The number of nitrogens with zero attached hydrogens (tertiary/aromatic N) is 1. The van der Waals surface area contributed by atoms with E-state index >= 15 is 0 Å². The molecule has 1 fully saturated rings. The van der Waals surface area contributed by atoms with Crippen molar-refractivity contribution in [3.05, 3.63) is 95.1 Å². The van der Waals surface area contributed by atoms with E-state index in [0.717, 1.165) is 49.5 Å². The summed E-state index contributed by atoms with van der Waals surface area (Å²) in [6.45, 7) is 11.9. The third-order valence-electron chi connectivity index (χ3n) is 6.89. The van der Waals surface area contributed by atoms with E-state index in [9.17, 15) is 4.79 Å². The minimum absolute atomic E-state index is 0.0517. The van der Waals surface area contributed by atoms with Gasteiger partial charge < -0.3 is 19.5 Å². The summed E-state index contributed by atoms with van der Waals surface area (Å²) in [5.41, 5.74) is 6.07. The highest BCUT2D eigenvalue weighted by Gasteiger charge is 2.17. The van der Waals surface area contributed by atoms with Crippen LogP contribution in [-0.4, -0.2) is 50.3 Å². The summed E-state index contributed by atoms with van der Waals surface area (Å²) in [5, 5.41) is 3.00. The molecule has 0 unspecified atom stereocenters. The van der Waals surface area contributed by atoms with Gasteiger partial charge in [0.05, 0.1) is 13.2 Å². The van der Waals surface area contributed by atoms with E-state index < -0.39 is 0 Å². The summed E-state index contributed by atoms with van der Waals surface area (Å²) < 4.78 is 16.8. The Morgan fingerprint density at radius 2 is 1.61 bits per heavy atom. The molecule has 1 saturated heterocycles. The summed E-state index contributed by atoms with van der Waals surface area (Å²) in [7, 11) is 0. The number of hydrogen-bond acceptors (Lipinski definition) is 5. The first kappa shape index (κ1) is 26.0. The fraction of sp³-hybridized carbons (Fsp3) is 0.344. The zero-order chi connectivity index (χ0) is 26.5. The van der Waals surface area contributed by atoms with Crippen LogP contribution in [0.2, 0.25) is 0 Å². The molecule has 3 aromatic rings. The van der Waals surface area contributed by atoms with Gasteiger partial charge in [-0.25, -0.2) is 0 Å². The first-order chi connectivity index (χ1) is 18.3. The fourth-order valence-corrected chi connectivity index (χ4v) is 4.77. The van der Waals surface area contributed by atoms with Crippen LogP contribution in [0.4, 0.5) is 5.69 Å². The molecule has 2 aliphatic heterocycles. The highest BCUT2D eigenvalue weighted by Crippen LogP contribution is 2.33. The number of carbonyl (C=O) groups excluding carboxylic acids is 1. The van der Waals surface area contributed by atoms with Crippen molar-refractivity contribution >= 4 is 17.2 Å². The number of benzene rings is 3. The van der Waals surface area contributed by atoms with E-state index in [0.29, 0.717) is 30.4 Å². The first-order valence-corrected chi connectivity index (χ1v) is 13.3. The lowest BCUT2D eigenvalue weighted by molar-refractivity contribution is -0.111. The van der Waals surface area contributed by atoms with Gasteiger partial charge in [0.2, 0.25) is 5.91 Å². The van der Waals surface area contributed by atoms with Crippen LogP contribution in [0.5, 0.6) is 11.5 Å². The second-order valence-electron chi connectivity index (χ2n) is 10.8. The molecule has 198 valence electrons. The van der Waals surface area contributed by atoms with E-state index in [4.69, 9.17) is 14.2 Å². The number of fused-ring (bicyclic) bond motifs is 1. The number of anilines is 1. The van der Waals surface area contributed by atoms with Gasteiger partial charge in [0.25, 0.3) is 0 Å². The van der Waals surface area contributed by atoms with Gasteiger partial charge in [-0.15, -0.1) is 0 Å². The van der Waals surface area contributed by atoms with Crippen LogP contribution in [0, 0.1) is 0 Å². The molecule has 38 heavy (non-hydrogen) atoms. The van der Waals surface area contributed by atoms with Gasteiger partial charge in [0, 0.05) is 37.5 Å². The lowest BCUT2D eigenvalue weighted by Gasteiger charge is -2.26. The number of morpholine rings is 1. The van der Waals surface area contributed by atoms with Crippen molar-refractivity contribution in [3.8, 4) is 11.5 Å². The van der Waals surface area contributed by atoms with Crippen molar-refractivity contribution < 1.29 is 19.0 Å². The third-order valence-corrected chi connectivity index (χ3v) is 6.89. The maximum absolute atomic E-state index is 13.3. The quantitative estimate of drug-likeness (QED) is 0.432. The molecule has 6 nitrogen and oxygen atoms in total. The highest BCUT2D eigenvalue weighted by atomic mass is 16.6. The average Bonchev–Trinajstić information content (AvgIpc) is 2.92. The number of rotatable bonds is 6. The second-order valence-corrected chi connectivity index (χ2v) is 10.8. The van der Waals surface area contributed by atoms with Crippen molar-refractivity contribution in [1.29, 1.82) is 0 Å². The molecular weight excluding hydrogens is 476 g/mol. The molecule has 0 aromatic heterocycles. The molecule has 0 spiro atoms. The van der Waals surface area contributed by atoms with Crippen molar-refractivity contribution in [2.75, 3.05) is 44.8 Å². The smallest absolute Gasteiger partial charge is 0.249 e. The molecule has 0 atom stereocenters. The van der Waals surface area contributed by atoms with Crippen LogP contribution in [-0.2, 0) is 21.5 Å². The summed E-state index contributed by atoms with van der Waals surface area (Å²) >= 11 is 0. The molecule has 0 bridgehead atoms. The largest absolute Gasteiger partial charge is 0.486 e. The van der Waals surface area contributed by atoms with Gasteiger partial charge in [0.15, 0.2) is 11.5 Å². The minimum Gasteiger partial charge on any atom is -0.486 e. The fourth-order valence-electron chi connectivity index (χ4n) is 4.77. The molecular formula is C32H36N2O4. The van der Waals surface area contributed by atoms with Crippen LogP contribution in [0.25, 0.3) is 5.57 Å². The Bertz CT molecular complexity index is 1300. The van der Waals surface area contributed by atoms with Crippen LogP contribution < -0.4 is 14.8 Å². The van der Waals surface area contributed by atoms with Crippen LogP contribution in [0.1, 0.15) is 43.0 Å². The Balaban J connectivity index is 1.44. The molecule has 1 amide bonds. The Morgan fingerprint density at radius 1 is 0.868 bits per heavy atom. The maximum atomic E-state index is 13.3. The predicted molar refractivity (Wildman–Crippen MR) is 151 cm³/mol. The van der Waals surface area contributed by atoms with Gasteiger partial charge in [-0.2, -0.15) is 0 Å². The van der Waals surface area contributed by atoms with Crippen molar-refractivity contribution in [2.45, 2.75) is 32.7 Å². The zero-order valence-corrected chi connectivity index (χ0v) is 22.5.